The molecule has 0 heterocycles. The van der Waals surface area contributed by atoms with E-state index in [4.69, 9.17) is 9.47 Å². The first kappa shape index (κ1) is 22.0. The molecule has 0 bridgehead atoms. The van der Waals surface area contributed by atoms with E-state index in [1.807, 2.05) is 38.1 Å². The quantitative estimate of drug-likeness (QED) is 0.550. The van der Waals surface area contributed by atoms with E-state index in [1.165, 1.54) is 19.2 Å². The first-order valence-electron chi connectivity index (χ1n) is 9.82. The summed E-state index contributed by atoms with van der Waals surface area (Å²) in [6.07, 6.45) is -1.32. The molecule has 0 radical (unpaired) electrons. The molecule has 3 aromatic carbocycles. The summed E-state index contributed by atoms with van der Waals surface area (Å²) < 4.78 is 24.4. The number of amides is 1. The Labute approximate surface area is 180 Å². The van der Waals surface area contributed by atoms with E-state index >= 15 is 0 Å². The number of hydrogen-bond acceptors (Lipinski definition) is 4. The van der Waals surface area contributed by atoms with Crippen molar-refractivity contribution in [3.63, 3.8) is 0 Å². The van der Waals surface area contributed by atoms with Gasteiger partial charge in [0.1, 0.15) is 0 Å². The number of nitrogens with one attached hydrogen (secondary N) is 1. The zero-order valence-corrected chi connectivity index (χ0v) is 17.6. The van der Waals surface area contributed by atoms with Gasteiger partial charge in [0.15, 0.2) is 11.6 Å². The first-order valence-corrected chi connectivity index (χ1v) is 9.82. The Balaban J connectivity index is 1.79. The minimum atomic E-state index is -1.14. The van der Waals surface area contributed by atoms with Gasteiger partial charge in [0.25, 0.3) is 5.91 Å². The van der Waals surface area contributed by atoms with Crippen molar-refractivity contribution >= 4 is 17.6 Å². The van der Waals surface area contributed by atoms with Gasteiger partial charge in [-0.15, -0.1) is 0 Å². The van der Waals surface area contributed by atoms with Crippen LogP contribution in [0, 0.1) is 19.7 Å². The predicted octanol–water partition coefficient (Wildman–Crippen LogP) is 4.92. The van der Waals surface area contributed by atoms with Crippen LogP contribution in [0.2, 0.25) is 0 Å². The Morgan fingerprint density at radius 1 is 1.00 bits per heavy atom. The number of ether oxygens (including phenoxy) is 2. The minimum Gasteiger partial charge on any atom is -0.494 e. The van der Waals surface area contributed by atoms with Crippen LogP contribution >= 0.6 is 0 Å². The molecule has 0 spiro atoms. The minimum absolute atomic E-state index is 0.0900. The van der Waals surface area contributed by atoms with E-state index in [0.29, 0.717) is 16.8 Å². The van der Waals surface area contributed by atoms with Crippen LogP contribution in [-0.4, -0.2) is 19.0 Å². The van der Waals surface area contributed by atoms with Crippen molar-refractivity contribution in [2.75, 3.05) is 12.4 Å². The van der Waals surface area contributed by atoms with Crippen LogP contribution < -0.4 is 10.1 Å². The fourth-order valence-corrected chi connectivity index (χ4v) is 3.13. The number of benzene rings is 3. The number of rotatable bonds is 7. The number of halogens is 1. The van der Waals surface area contributed by atoms with Gasteiger partial charge in [-0.25, -0.2) is 4.39 Å². The molecule has 1 amide bonds. The van der Waals surface area contributed by atoms with Crippen LogP contribution in [0.25, 0.3) is 0 Å². The molecule has 3 rings (SSSR count). The molecule has 5 nitrogen and oxygen atoms in total. The van der Waals surface area contributed by atoms with Crippen molar-refractivity contribution in [3.8, 4) is 5.75 Å². The molecule has 160 valence electrons. The highest BCUT2D eigenvalue weighted by atomic mass is 19.1. The Bertz CT molecular complexity index is 1080. The van der Waals surface area contributed by atoms with Gasteiger partial charge in [0, 0.05) is 11.3 Å². The topological polar surface area (TPSA) is 64.6 Å². The normalized spacial score (nSPS) is 11.5. The molecule has 1 N–H and O–H groups in total. The number of aryl methyl sites for hydroxylation is 2. The standard InChI is InChI=1S/C25H24FNO4/c1-16-9-10-17(2)21(13-16)27-25(29)24(19-7-5-4-6-8-19)31-23(28)15-18-11-12-22(30-3)20(26)14-18/h4-14,24H,15H2,1-3H3,(H,27,29)/t24-/m0/s1. The van der Waals surface area contributed by atoms with E-state index in [0.717, 1.165) is 11.1 Å². The molecule has 31 heavy (non-hydrogen) atoms. The average molecular weight is 421 g/mol. The van der Waals surface area contributed by atoms with Crippen LogP contribution in [0.4, 0.5) is 10.1 Å². The zero-order chi connectivity index (χ0) is 22.4. The Morgan fingerprint density at radius 3 is 2.42 bits per heavy atom. The van der Waals surface area contributed by atoms with Gasteiger partial charge in [0.2, 0.25) is 6.10 Å². The van der Waals surface area contributed by atoms with Crippen LogP contribution in [0.1, 0.15) is 28.4 Å². The Kier molecular flexibility index (Phi) is 7.03. The lowest BCUT2D eigenvalue weighted by atomic mass is 10.1. The van der Waals surface area contributed by atoms with Crippen molar-refractivity contribution in [2.24, 2.45) is 0 Å². The molecule has 0 saturated carbocycles. The Morgan fingerprint density at radius 2 is 1.74 bits per heavy atom. The summed E-state index contributed by atoms with van der Waals surface area (Å²) in [5, 5.41) is 2.85. The summed E-state index contributed by atoms with van der Waals surface area (Å²) in [6, 6.07) is 18.7. The van der Waals surface area contributed by atoms with Gasteiger partial charge in [-0.3, -0.25) is 9.59 Å². The smallest absolute Gasteiger partial charge is 0.311 e. The molecule has 0 unspecified atom stereocenters. The molecule has 0 saturated heterocycles. The van der Waals surface area contributed by atoms with E-state index in [1.54, 1.807) is 30.3 Å². The third-order valence-electron chi connectivity index (χ3n) is 4.81. The molecule has 0 aliphatic carbocycles. The maximum Gasteiger partial charge on any atom is 0.311 e. The number of esters is 1. The molecule has 1 atom stereocenters. The largest absolute Gasteiger partial charge is 0.494 e. The maximum absolute atomic E-state index is 13.9. The summed E-state index contributed by atoms with van der Waals surface area (Å²) in [5.74, 6) is -1.59. The number of carbonyl (C=O) groups is 2. The molecular weight excluding hydrogens is 397 g/mol. The van der Waals surface area contributed by atoms with E-state index in [2.05, 4.69) is 5.32 Å². The van der Waals surface area contributed by atoms with E-state index in [9.17, 15) is 14.0 Å². The molecule has 0 aliphatic heterocycles. The van der Waals surface area contributed by atoms with Gasteiger partial charge in [-0.2, -0.15) is 0 Å². The fraction of sp³-hybridized carbons (Fsp3) is 0.200. The number of carbonyl (C=O) groups excluding carboxylic acids is 2. The van der Waals surface area contributed by atoms with Gasteiger partial charge in [-0.1, -0.05) is 48.5 Å². The highest BCUT2D eigenvalue weighted by Crippen LogP contribution is 2.24. The predicted molar refractivity (Wildman–Crippen MR) is 116 cm³/mol. The summed E-state index contributed by atoms with van der Waals surface area (Å²) in [4.78, 5) is 25.6. The van der Waals surface area contributed by atoms with Crippen molar-refractivity contribution in [2.45, 2.75) is 26.4 Å². The van der Waals surface area contributed by atoms with Crippen LogP contribution in [0.5, 0.6) is 5.75 Å². The number of hydrogen-bond donors (Lipinski definition) is 1. The van der Waals surface area contributed by atoms with Crippen molar-refractivity contribution in [3.05, 3.63) is 94.8 Å². The lowest BCUT2D eigenvalue weighted by Gasteiger charge is -2.19. The maximum atomic E-state index is 13.9. The summed E-state index contributed by atoms with van der Waals surface area (Å²) in [6.45, 7) is 3.81. The lowest BCUT2D eigenvalue weighted by molar-refractivity contribution is -0.154. The van der Waals surface area contributed by atoms with Crippen molar-refractivity contribution in [1.82, 2.24) is 0 Å². The zero-order valence-electron chi connectivity index (χ0n) is 17.6. The lowest BCUT2D eigenvalue weighted by Crippen LogP contribution is -2.26. The second-order valence-corrected chi connectivity index (χ2v) is 7.23. The summed E-state index contributed by atoms with van der Waals surface area (Å²) >= 11 is 0. The summed E-state index contributed by atoms with van der Waals surface area (Å²) in [5.41, 5.74) is 3.50. The van der Waals surface area contributed by atoms with Crippen LogP contribution in [-0.2, 0) is 20.7 Å². The van der Waals surface area contributed by atoms with Crippen LogP contribution in [0.15, 0.2) is 66.7 Å². The van der Waals surface area contributed by atoms with Crippen LogP contribution in [0.3, 0.4) is 0 Å². The summed E-state index contributed by atoms with van der Waals surface area (Å²) in [7, 11) is 1.37. The van der Waals surface area contributed by atoms with Gasteiger partial charge >= 0.3 is 5.97 Å². The number of anilines is 1. The second kappa shape index (κ2) is 9.89. The molecule has 6 heteroatoms. The van der Waals surface area contributed by atoms with Crippen molar-refractivity contribution < 1.29 is 23.5 Å². The van der Waals surface area contributed by atoms with Gasteiger partial charge < -0.3 is 14.8 Å². The highest BCUT2D eigenvalue weighted by Gasteiger charge is 2.26. The molecule has 3 aromatic rings. The van der Waals surface area contributed by atoms with E-state index in [-0.39, 0.29) is 12.2 Å². The molecule has 0 fully saturated rings. The Hall–Kier alpha value is -3.67. The number of methoxy groups -OCH3 is 1. The molecule has 0 aliphatic rings. The highest BCUT2D eigenvalue weighted by molar-refractivity contribution is 5.96. The molecule has 0 aromatic heterocycles. The SMILES string of the molecule is COc1ccc(CC(=O)O[C@H](C(=O)Nc2cc(C)ccc2C)c2ccccc2)cc1F. The van der Waals surface area contributed by atoms with Gasteiger partial charge in [-0.05, 0) is 48.7 Å². The average Bonchev–Trinajstić information content (AvgIpc) is 2.75. The second-order valence-electron chi connectivity index (χ2n) is 7.23. The van der Waals surface area contributed by atoms with E-state index < -0.39 is 23.8 Å². The first-order chi connectivity index (χ1) is 14.9. The monoisotopic (exact) mass is 421 g/mol. The third-order valence-corrected chi connectivity index (χ3v) is 4.81. The van der Waals surface area contributed by atoms with Crippen molar-refractivity contribution in [1.29, 1.82) is 0 Å². The third kappa shape index (κ3) is 5.69. The molecular formula is C25H24FNO4. The van der Waals surface area contributed by atoms with Gasteiger partial charge in [0.05, 0.1) is 13.5 Å². The fourth-order valence-electron chi connectivity index (χ4n) is 3.13.